The van der Waals surface area contributed by atoms with Crippen LogP contribution in [0.3, 0.4) is 0 Å². The second-order valence-corrected chi connectivity index (χ2v) is 5.80. The van der Waals surface area contributed by atoms with Crippen LogP contribution in [-0.4, -0.2) is 37.0 Å². The van der Waals surface area contributed by atoms with Crippen LogP contribution in [0.25, 0.3) is 22.4 Å². The van der Waals surface area contributed by atoms with E-state index >= 15 is 0 Å². The van der Waals surface area contributed by atoms with Crippen molar-refractivity contribution in [2.45, 2.75) is 6.92 Å². The Bertz CT molecular complexity index is 1210. The molecular weight excluding hydrogens is 358 g/mol. The molecule has 3 aromatic heterocycles. The lowest BCUT2D eigenvalue weighted by Crippen LogP contribution is -2.20. The number of carbonyl (C=O) groups is 1. The van der Waals surface area contributed by atoms with Crippen LogP contribution in [0.15, 0.2) is 47.5 Å². The summed E-state index contributed by atoms with van der Waals surface area (Å²) >= 11 is 6.18. The zero-order valence-corrected chi connectivity index (χ0v) is 14.3. The third kappa shape index (κ3) is 2.42. The van der Waals surface area contributed by atoms with E-state index in [1.54, 1.807) is 43.5 Å². The first kappa shape index (κ1) is 16.2. The van der Waals surface area contributed by atoms with E-state index in [0.717, 1.165) is 0 Å². The van der Waals surface area contributed by atoms with Crippen LogP contribution >= 0.6 is 11.6 Å². The smallest absolute Gasteiger partial charge is 0.343 e. The number of ether oxygens (including phenoxy) is 1. The molecule has 3 heterocycles. The number of hydrogen-bond donors (Lipinski definition) is 0. The molecule has 0 aliphatic carbocycles. The SMILES string of the molecule is CCOC(=O)c1cnn2c1nnc1c(=O)n(-c3ccccc3Cl)ccc12. The molecule has 0 amide bonds. The highest BCUT2D eigenvalue weighted by Crippen LogP contribution is 2.20. The fourth-order valence-electron chi connectivity index (χ4n) is 2.68. The number of fused-ring (bicyclic) bond motifs is 3. The standard InChI is InChI=1S/C17H12ClN5O3/c1-2-26-17(25)10-9-19-23-13-7-8-22(12-6-4-3-5-11(12)18)16(24)14(13)20-21-15(10)23/h3-9H,2H2,1H3. The fraction of sp³-hybridized carbons (Fsp3) is 0.118. The first-order valence-corrected chi connectivity index (χ1v) is 8.17. The van der Waals surface area contributed by atoms with E-state index < -0.39 is 11.5 Å². The van der Waals surface area contributed by atoms with E-state index in [0.29, 0.717) is 16.2 Å². The van der Waals surface area contributed by atoms with Gasteiger partial charge in [0.25, 0.3) is 5.56 Å². The van der Waals surface area contributed by atoms with Crippen molar-refractivity contribution in [2.75, 3.05) is 6.61 Å². The van der Waals surface area contributed by atoms with Gasteiger partial charge in [-0.1, -0.05) is 23.7 Å². The summed E-state index contributed by atoms with van der Waals surface area (Å²) in [5.41, 5.74) is 1.11. The van der Waals surface area contributed by atoms with Crippen molar-refractivity contribution in [3.8, 4) is 5.69 Å². The molecule has 26 heavy (non-hydrogen) atoms. The lowest BCUT2D eigenvalue weighted by Gasteiger charge is -2.08. The quantitative estimate of drug-likeness (QED) is 0.514. The Kier molecular flexibility index (Phi) is 3.89. The largest absolute Gasteiger partial charge is 0.462 e. The van der Waals surface area contributed by atoms with Crippen LogP contribution in [-0.2, 0) is 4.74 Å². The molecule has 4 rings (SSSR count). The molecule has 0 spiro atoms. The van der Waals surface area contributed by atoms with Gasteiger partial charge in [0.2, 0.25) is 0 Å². The van der Waals surface area contributed by atoms with Crippen molar-refractivity contribution in [1.82, 2.24) is 24.4 Å². The van der Waals surface area contributed by atoms with E-state index in [1.807, 2.05) is 0 Å². The van der Waals surface area contributed by atoms with Crippen molar-refractivity contribution in [3.05, 3.63) is 63.7 Å². The van der Waals surface area contributed by atoms with Crippen LogP contribution in [0.2, 0.25) is 5.02 Å². The summed E-state index contributed by atoms with van der Waals surface area (Å²) < 4.78 is 7.77. The highest BCUT2D eigenvalue weighted by atomic mass is 35.5. The third-order valence-electron chi connectivity index (χ3n) is 3.87. The van der Waals surface area contributed by atoms with E-state index in [-0.39, 0.29) is 23.3 Å². The van der Waals surface area contributed by atoms with Crippen LogP contribution < -0.4 is 5.56 Å². The van der Waals surface area contributed by atoms with Gasteiger partial charge >= 0.3 is 5.97 Å². The van der Waals surface area contributed by atoms with Crippen molar-refractivity contribution in [3.63, 3.8) is 0 Å². The molecule has 0 fully saturated rings. The minimum Gasteiger partial charge on any atom is -0.462 e. The Hall–Kier alpha value is -3.26. The molecule has 0 unspecified atom stereocenters. The summed E-state index contributed by atoms with van der Waals surface area (Å²) in [5, 5.41) is 12.6. The molecule has 9 heteroatoms. The third-order valence-corrected chi connectivity index (χ3v) is 4.19. The summed E-state index contributed by atoms with van der Waals surface area (Å²) in [7, 11) is 0. The van der Waals surface area contributed by atoms with Gasteiger partial charge in [-0.25, -0.2) is 9.31 Å². The molecule has 0 bridgehead atoms. The minimum absolute atomic E-state index is 0.110. The minimum atomic E-state index is -0.541. The van der Waals surface area contributed by atoms with Crippen molar-refractivity contribution in [1.29, 1.82) is 0 Å². The van der Waals surface area contributed by atoms with Gasteiger partial charge in [-0.2, -0.15) is 5.10 Å². The average molecular weight is 370 g/mol. The summed E-state index contributed by atoms with van der Waals surface area (Å²) in [6, 6.07) is 8.66. The molecule has 0 atom stereocenters. The van der Waals surface area contributed by atoms with Crippen molar-refractivity contribution < 1.29 is 9.53 Å². The molecule has 0 saturated heterocycles. The lowest BCUT2D eigenvalue weighted by atomic mass is 10.3. The monoisotopic (exact) mass is 369 g/mol. The number of rotatable bonds is 3. The predicted molar refractivity (Wildman–Crippen MR) is 94.9 cm³/mol. The van der Waals surface area contributed by atoms with E-state index in [4.69, 9.17) is 16.3 Å². The second kappa shape index (κ2) is 6.23. The number of benzene rings is 1. The molecule has 0 aliphatic rings. The van der Waals surface area contributed by atoms with Crippen molar-refractivity contribution in [2.24, 2.45) is 0 Å². The molecule has 0 saturated carbocycles. The summed E-state index contributed by atoms with van der Waals surface area (Å²) in [6.45, 7) is 1.95. The van der Waals surface area contributed by atoms with Gasteiger partial charge in [-0.15, -0.1) is 10.2 Å². The van der Waals surface area contributed by atoms with Gasteiger partial charge in [0.05, 0.1) is 23.5 Å². The average Bonchev–Trinajstić information content (AvgIpc) is 3.08. The summed E-state index contributed by atoms with van der Waals surface area (Å²) in [4.78, 5) is 24.8. The van der Waals surface area contributed by atoms with Gasteiger partial charge in [-0.3, -0.25) is 9.36 Å². The zero-order chi connectivity index (χ0) is 18.3. The van der Waals surface area contributed by atoms with E-state index in [1.165, 1.54) is 15.3 Å². The molecule has 0 radical (unpaired) electrons. The Morgan fingerprint density at radius 2 is 2.04 bits per heavy atom. The summed E-state index contributed by atoms with van der Waals surface area (Å²) in [5.74, 6) is -0.541. The zero-order valence-electron chi connectivity index (χ0n) is 13.6. The maximum atomic E-state index is 12.8. The van der Waals surface area contributed by atoms with Crippen LogP contribution in [0.5, 0.6) is 0 Å². The first-order chi connectivity index (χ1) is 12.6. The molecule has 0 N–H and O–H groups in total. The number of esters is 1. The summed E-state index contributed by atoms with van der Waals surface area (Å²) in [6.07, 6.45) is 2.93. The van der Waals surface area contributed by atoms with Gasteiger partial charge in [-0.05, 0) is 25.1 Å². The van der Waals surface area contributed by atoms with Crippen LogP contribution in [0.4, 0.5) is 0 Å². The number of halogens is 1. The Balaban J connectivity index is 1.95. The normalized spacial score (nSPS) is 11.2. The number of carbonyl (C=O) groups excluding carboxylic acids is 1. The first-order valence-electron chi connectivity index (χ1n) is 7.79. The van der Waals surface area contributed by atoms with Gasteiger partial charge < -0.3 is 4.74 Å². The van der Waals surface area contributed by atoms with Gasteiger partial charge in [0, 0.05) is 6.20 Å². The van der Waals surface area contributed by atoms with Crippen molar-refractivity contribution >= 4 is 34.3 Å². The highest BCUT2D eigenvalue weighted by molar-refractivity contribution is 6.32. The number of aromatic nitrogens is 5. The predicted octanol–water partition coefficient (Wildman–Crippen LogP) is 2.26. The van der Waals surface area contributed by atoms with E-state index in [9.17, 15) is 9.59 Å². The maximum absolute atomic E-state index is 12.8. The Morgan fingerprint density at radius 3 is 2.81 bits per heavy atom. The molecule has 4 aromatic rings. The fourth-order valence-corrected chi connectivity index (χ4v) is 2.91. The van der Waals surface area contributed by atoms with E-state index in [2.05, 4.69) is 15.3 Å². The lowest BCUT2D eigenvalue weighted by molar-refractivity contribution is 0.0528. The number of para-hydroxylation sites is 1. The number of nitrogens with zero attached hydrogens (tertiary/aromatic N) is 5. The van der Waals surface area contributed by atoms with Crippen LogP contribution in [0, 0.1) is 0 Å². The molecule has 0 aliphatic heterocycles. The topological polar surface area (TPSA) is 91.4 Å². The Labute approximate surface area is 151 Å². The number of pyridine rings is 1. The molecule has 8 nitrogen and oxygen atoms in total. The maximum Gasteiger partial charge on any atom is 0.343 e. The second-order valence-electron chi connectivity index (χ2n) is 5.39. The van der Waals surface area contributed by atoms with Crippen LogP contribution in [0.1, 0.15) is 17.3 Å². The number of hydrogen-bond acceptors (Lipinski definition) is 6. The van der Waals surface area contributed by atoms with Gasteiger partial charge in [0.15, 0.2) is 11.2 Å². The Morgan fingerprint density at radius 1 is 1.23 bits per heavy atom. The highest BCUT2D eigenvalue weighted by Gasteiger charge is 2.19. The molecule has 130 valence electrons. The van der Waals surface area contributed by atoms with Gasteiger partial charge in [0.1, 0.15) is 11.1 Å². The molecular formula is C17H12ClN5O3. The molecule has 1 aromatic carbocycles.